The van der Waals surface area contributed by atoms with Crippen molar-refractivity contribution < 1.29 is 0 Å². The molecule has 0 heteroatoms. The maximum absolute atomic E-state index is 3.87. The lowest BCUT2D eigenvalue weighted by atomic mass is 9.68. The third kappa shape index (κ3) is 5.22. The molecule has 0 aromatic carbocycles. The number of allylic oxidation sites excluding steroid dienone is 7. The third-order valence-electron chi connectivity index (χ3n) is 4.16. The van der Waals surface area contributed by atoms with Gasteiger partial charge in [-0.25, -0.2) is 0 Å². The normalized spacial score (nSPS) is 26.1. The summed E-state index contributed by atoms with van der Waals surface area (Å²) in [6.07, 6.45) is 14.0. The van der Waals surface area contributed by atoms with Gasteiger partial charge in [-0.2, -0.15) is 0 Å². The fourth-order valence-electron chi connectivity index (χ4n) is 3.01. The molecule has 0 saturated heterocycles. The lowest BCUT2D eigenvalue weighted by molar-refractivity contribution is 0.288. The highest BCUT2D eigenvalue weighted by molar-refractivity contribution is 5.24. The predicted octanol–water partition coefficient (Wildman–Crippen LogP) is 6.23. The molecule has 1 aliphatic rings. The highest BCUT2D eigenvalue weighted by Crippen LogP contribution is 2.43. The quantitative estimate of drug-likeness (QED) is 0.414. The minimum Gasteiger partial charge on any atom is -0.0961 e. The largest absolute Gasteiger partial charge is 0.0961 e. The second-order valence-corrected chi connectivity index (χ2v) is 6.76. The average molecular weight is 258 g/mol. The van der Waals surface area contributed by atoms with Crippen molar-refractivity contribution in [2.45, 2.75) is 60.3 Å². The van der Waals surface area contributed by atoms with E-state index >= 15 is 0 Å². The Morgan fingerprint density at radius 2 is 2.05 bits per heavy atom. The Morgan fingerprint density at radius 1 is 1.37 bits per heavy atom. The van der Waals surface area contributed by atoms with Crippen LogP contribution in [-0.4, -0.2) is 0 Å². The van der Waals surface area contributed by atoms with Gasteiger partial charge < -0.3 is 0 Å². The Balaban J connectivity index is 2.71. The van der Waals surface area contributed by atoms with Crippen LogP contribution in [0.3, 0.4) is 0 Å². The molecule has 1 saturated carbocycles. The predicted molar refractivity (Wildman–Crippen MR) is 87.2 cm³/mol. The van der Waals surface area contributed by atoms with E-state index in [9.17, 15) is 0 Å². The molecular weight excluding hydrogens is 228 g/mol. The zero-order valence-electron chi connectivity index (χ0n) is 13.4. The highest BCUT2D eigenvalue weighted by Gasteiger charge is 2.30. The zero-order chi connectivity index (χ0) is 14.5. The van der Waals surface area contributed by atoms with Crippen LogP contribution >= 0.6 is 0 Å². The van der Waals surface area contributed by atoms with Crippen LogP contribution in [0.25, 0.3) is 0 Å². The zero-order valence-corrected chi connectivity index (χ0v) is 13.4. The Morgan fingerprint density at radius 3 is 2.63 bits per heavy atom. The van der Waals surface area contributed by atoms with Gasteiger partial charge in [-0.1, -0.05) is 74.8 Å². The first-order chi connectivity index (χ1) is 8.83. The Bertz CT molecular complexity index is 402. The van der Waals surface area contributed by atoms with Crippen LogP contribution in [0.2, 0.25) is 0 Å². The van der Waals surface area contributed by atoms with Gasteiger partial charge in [-0.05, 0) is 44.4 Å². The van der Waals surface area contributed by atoms with Crippen molar-refractivity contribution in [3.63, 3.8) is 0 Å². The van der Waals surface area contributed by atoms with Crippen LogP contribution < -0.4 is 0 Å². The van der Waals surface area contributed by atoms with Crippen LogP contribution in [-0.2, 0) is 0 Å². The summed E-state index contributed by atoms with van der Waals surface area (Å²) in [5.41, 5.74) is 4.57. The molecule has 0 nitrogen and oxygen atoms in total. The molecule has 0 radical (unpaired) electrons. The van der Waals surface area contributed by atoms with Gasteiger partial charge in [0.15, 0.2) is 0 Å². The van der Waals surface area contributed by atoms with Gasteiger partial charge in [0.05, 0.1) is 0 Å². The van der Waals surface area contributed by atoms with Crippen LogP contribution in [0.15, 0.2) is 47.6 Å². The lowest BCUT2D eigenvalue weighted by Crippen LogP contribution is -2.24. The summed E-state index contributed by atoms with van der Waals surface area (Å²) >= 11 is 0. The van der Waals surface area contributed by atoms with Gasteiger partial charge in [-0.15, -0.1) is 0 Å². The Labute approximate surface area is 120 Å². The summed E-state index contributed by atoms with van der Waals surface area (Å²) < 4.78 is 0. The van der Waals surface area contributed by atoms with Gasteiger partial charge >= 0.3 is 0 Å². The first kappa shape index (κ1) is 16.0. The van der Waals surface area contributed by atoms with Crippen molar-refractivity contribution in [2.75, 3.05) is 0 Å². The first-order valence-electron chi connectivity index (χ1n) is 7.53. The summed E-state index contributed by atoms with van der Waals surface area (Å²) in [7, 11) is 0. The summed E-state index contributed by atoms with van der Waals surface area (Å²) in [6.45, 7) is 15.3. The van der Waals surface area contributed by atoms with E-state index in [1.807, 2.05) is 6.92 Å². The molecule has 106 valence electrons. The standard InChI is InChI=1S/C19H30/c1-15(2)9-7-10-16(3)12-13-18-17(4)11-8-14-19(18,5)6/h7,9-10,13,17H,1,8,11-12,14H2,2-6H3. The van der Waals surface area contributed by atoms with Gasteiger partial charge in [0.1, 0.15) is 0 Å². The number of hydrogen-bond donors (Lipinski definition) is 0. The molecule has 0 heterocycles. The maximum Gasteiger partial charge on any atom is -0.0135 e. The molecule has 0 aromatic rings. The average Bonchev–Trinajstić information content (AvgIpc) is 2.26. The van der Waals surface area contributed by atoms with Gasteiger partial charge in [0.2, 0.25) is 0 Å². The maximum atomic E-state index is 3.87. The third-order valence-corrected chi connectivity index (χ3v) is 4.16. The molecule has 0 amide bonds. The van der Waals surface area contributed by atoms with Crippen LogP contribution in [0.5, 0.6) is 0 Å². The van der Waals surface area contributed by atoms with Crippen molar-refractivity contribution in [3.05, 3.63) is 47.6 Å². The summed E-state index contributed by atoms with van der Waals surface area (Å²) in [5.74, 6) is 0.752. The van der Waals surface area contributed by atoms with E-state index in [1.54, 1.807) is 5.57 Å². The fourth-order valence-corrected chi connectivity index (χ4v) is 3.01. The highest BCUT2D eigenvalue weighted by atomic mass is 14.4. The molecule has 1 fully saturated rings. The fraction of sp³-hybridized carbons (Fsp3) is 0.579. The van der Waals surface area contributed by atoms with Crippen LogP contribution in [0, 0.1) is 11.3 Å². The molecule has 19 heavy (non-hydrogen) atoms. The second kappa shape index (κ2) is 6.93. The molecule has 0 bridgehead atoms. The summed E-state index contributed by atoms with van der Waals surface area (Å²) in [6, 6.07) is 0. The molecule has 1 aliphatic carbocycles. The van der Waals surface area contributed by atoms with E-state index in [2.05, 4.69) is 58.6 Å². The monoisotopic (exact) mass is 258 g/mol. The van der Waals surface area contributed by atoms with Crippen LogP contribution in [0.4, 0.5) is 0 Å². The van der Waals surface area contributed by atoms with Gasteiger partial charge in [0.25, 0.3) is 0 Å². The molecule has 0 aromatic heterocycles. The topological polar surface area (TPSA) is 0 Å². The van der Waals surface area contributed by atoms with E-state index in [1.165, 1.54) is 24.8 Å². The number of hydrogen-bond acceptors (Lipinski definition) is 0. The molecule has 1 rings (SSSR count). The molecule has 1 unspecified atom stereocenters. The lowest BCUT2D eigenvalue weighted by Gasteiger charge is -2.37. The van der Waals surface area contributed by atoms with Crippen molar-refractivity contribution >= 4 is 0 Å². The van der Waals surface area contributed by atoms with Gasteiger partial charge in [-0.3, -0.25) is 0 Å². The minimum atomic E-state index is 0.394. The van der Waals surface area contributed by atoms with Crippen molar-refractivity contribution in [1.29, 1.82) is 0 Å². The van der Waals surface area contributed by atoms with E-state index < -0.39 is 0 Å². The summed E-state index contributed by atoms with van der Waals surface area (Å²) in [4.78, 5) is 0. The van der Waals surface area contributed by atoms with E-state index in [0.717, 1.165) is 17.9 Å². The molecule has 0 N–H and O–H groups in total. The second-order valence-electron chi connectivity index (χ2n) is 6.76. The molecular formula is C19H30. The smallest absolute Gasteiger partial charge is 0.0135 e. The number of rotatable bonds is 4. The van der Waals surface area contributed by atoms with Gasteiger partial charge in [0, 0.05) is 0 Å². The summed E-state index contributed by atoms with van der Waals surface area (Å²) in [5, 5.41) is 0. The molecule has 1 atom stereocenters. The molecule has 0 aliphatic heterocycles. The Kier molecular flexibility index (Phi) is 5.85. The molecule has 0 spiro atoms. The SMILES string of the molecule is C=C(C)C=CC=C(C)CC=C1C(C)CCCC1(C)C. The van der Waals surface area contributed by atoms with E-state index in [-0.39, 0.29) is 0 Å². The van der Waals surface area contributed by atoms with Crippen molar-refractivity contribution in [3.8, 4) is 0 Å². The van der Waals surface area contributed by atoms with Crippen LogP contribution in [0.1, 0.15) is 60.3 Å². The van der Waals surface area contributed by atoms with Crippen molar-refractivity contribution in [1.82, 2.24) is 0 Å². The first-order valence-corrected chi connectivity index (χ1v) is 7.53. The van der Waals surface area contributed by atoms with Crippen molar-refractivity contribution in [2.24, 2.45) is 11.3 Å². The Hall–Kier alpha value is -1.04. The minimum absolute atomic E-state index is 0.394. The van der Waals surface area contributed by atoms with E-state index in [4.69, 9.17) is 0 Å². The van der Waals surface area contributed by atoms with E-state index in [0.29, 0.717) is 5.41 Å².